The molecule has 0 spiro atoms. The Morgan fingerprint density at radius 3 is 2.74 bits per heavy atom. The molecule has 1 aliphatic rings. The van der Waals surface area contributed by atoms with Crippen LogP contribution in [0.2, 0.25) is 0 Å². The van der Waals surface area contributed by atoms with Crippen LogP contribution in [0, 0.1) is 6.92 Å². The van der Waals surface area contributed by atoms with Crippen molar-refractivity contribution in [2.24, 2.45) is 0 Å². The number of benzene rings is 1. The predicted molar refractivity (Wildman–Crippen MR) is 96.3 cm³/mol. The van der Waals surface area contributed by atoms with Crippen LogP contribution in [-0.2, 0) is 6.61 Å². The minimum Gasteiger partial charge on any atom is -0.484 e. The lowest BCUT2D eigenvalue weighted by atomic mass is 9.96. The van der Waals surface area contributed by atoms with E-state index in [0.717, 1.165) is 18.6 Å². The van der Waals surface area contributed by atoms with Gasteiger partial charge in [-0.2, -0.15) is 10.1 Å². The van der Waals surface area contributed by atoms with Gasteiger partial charge in [0.25, 0.3) is 11.8 Å². The molecule has 1 aliphatic heterocycles. The average Bonchev–Trinajstić information content (AvgIpc) is 3.39. The first-order chi connectivity index (χ1) is 13.2. The van der Waals surface area contributed by atoms with Gasteiger partial charge >= 0.3 is 0 Å². The highest BCUT2D eigenvalue weighted by Gasteiger charge is 2.28. The fraction of sp³-hybridized carbons (Fsp3) is 0.368. The molecule has 8 heteroatoms. The number of hydrogen-bond donors (Lipinski definition) is 1. The van der Waals surface area contributed by atoms with Crippen molar-refractivity contribution in [2.75, 3.05) is 13.1 Å². The second-order valence-corrected chi connectivity index (χ2v) is 6.68. The van der Waals surface area contributed by atoms with Crippen LogP contribution in [0.3, 0.4) is 0 Å². The van der Waals surface area contributed by atoms with Gasteiger partial charge in [-0.05, 0) is 38.0 Å². The molecule has 0 aliphatic carbocycles. The van der Waals surface area contributed by atoms with Gasteiger partial charge in [0.05, 0.1) is 0 Å². The number of amides is 1. The first-order valence-electron chi connectivity index (χ1n) is 8.99. The van der Waals surface area contributed by atoms with E-state index in [-0.39, 0.29) is 18.4 Å². The van der Waals surface area contributed by atoms with Crippen molar-refractivity contribution in [1.82, 2.24) is 25.2 Å². The van der Waals surface area contributed by atoms with Crippen molar-refractivity contribution in [2.45, 2.75) is 32.3 Å². The molecule has 27 heavy (non-hydrogen) atoms. The summed E-state index contributed by atoms with van der Waals surface area (Å²) in [6, 6.07) is 9.51. The van der Waals surface area contributed by atoms with Crippen molar-refractivity contribution >= 4 is 5.91 Å². The molecular weight excluding hydrogens is 346 g/mol. The van der Waals surface area contributed by atoms with Gasteiger partial charge in [0.2, 0.25) is 0 Å². The van der Waals surface area contributed by atoms with E-state index in [1.807, 2.05) is 36.1 Å². The van der Waals surface area contributed by atoms with Gasteiger partial charge in [-0.3, -0.25) is 9.89 Å². The van der Waals surface area contributed by atoms with Gasteiger partial charge in [-0.15, -0.1) is 0 Å². The maximum atomic E-state index is 12.3. The van der Waals surface area contributed by atoms with Crippen molar-refractivity contribution in [3.05, 3.63) is 59.5 Å². The molecule has 140 valence electrons. The molecule has 0 unspecified atom stereocenters. The molecule has 4 rings (SSSR count). The summed E-state index contributed by atoms with van der Waals surface area (Å²) >= 11 is 0. The van der Waals surface area contributed by atoms with Crippen LogP contribution in [0.4, 0.5) is 0 Å². The molecule has 1 saturated heterocycles. The number of aromatic nitrogens is 4. The first kappa shape index (κ1) is 17.3. The summed E-state index contributed by atoms with van der Waals surface area (Å²) in [5.74, 6) is 2.08. The lowest BCUT2D eigenvalue weighted by molar-refractivity contribution is 0.0704. The van der Waals surface area contributed by atoms with Gasteiger partial charge in [-0.25, -0.2) is 0 Å². The second kappa shape index (κ2) is 7.61. The Bertz CT molecular complexity index is 880. The Hall–Kier alpha value is -3.16. The molecular formula is C19H21N5O3. The summed E-state index contributed by atoms with van der Waals surface area (Å²) in [4.78, 5) is 18.6. The van der Waals surface area contributed by atoms with Crippen LogP contribution in [0.25, 0.3) is 0 Å². The number of hydrogen-bond acceptors (Lipinski definition) is 6. The molecule has 3 heterocycles. The molecule has 0 radical (unpaired) electrons. The molecule has 1 amide bonds. The van der Waals surface area contributed by atoms with E-state index in [2.05, 4.69) is 20.3 Å². The van der Waals surface area contributed by atoms with Gasteiger partial charge < -0.3 is 14.2 Å². The van der Waals surface area contributed by atoms with Gasteiger partial charge in [0.1, 0.15) is 11.4 Å². The Morgan fingerprint density at radius 1 is 1.26 bits per heavy atom. The quantitative estimate of drug-likeness (QED) is 0.745. The van der Waals surface area contributed by atoms with Crippen molar-refractivity contribution in [3.8, 4) is 5.75 Å². The number of piperidine rings is 1. The summed E-state index contributed by atoms with van der Waals surface area (Å²) < 4.78 is 11.0. The van der Waals surface area contributed by atoms with E-state index < -0.39 is 0 Å². The van der Waals surface area contributed by atoms with E-state index >= 15 is 0 Å². The van der Waals surface area contributed by atoms with Gasteiger partial charge in [0, 0.05) is 25.2 Å². The van der Waals surface area contributed by atoms with Crippen molar-refractivity contribution in [1.29, 1.82) is 0 Å². The third-order valence-electron chi connectivity index (χ3n) is 4.75. The van der Waals surface area contributed by atoms with E-state index in [1.54, 1.807) is 12.3 Å². The molecule has 0 atom stereocenters. The summed E-state index contributed by atoms with van der Waals surface area (Å²) in [5, 5.41) is 10.6. The largest absolute Gasteiger partial charge is 0.484 e. The maximum Gasteiger partial charge on any atom is 0.271 e. The zero-order chi connectivity index (χ0) is 18.6. The SMILES string of the molecule is Cc1ccc(OCc2nc(C3CCN(C(=O)c4ccn[nH]4)CC3)no2)cc1. The maximum absolute atomic E-state index is 12.3. The molecule has 3 aromatic rings. The monoisotopic (exact) mass is 367 g/mol. The van der Waals surface area contributed by atoms with Crippen LogP contribution >= 0.6 is 0 Å². The number of carbonyl (C=O) groups excluding carboxylic acids is 1. The number of carbonyl (C=O) groups is 1. The Labute approximate surface area is 156 Å². The Kier molecular flexibility index (Phi) is 4.86. The van der Waals surface area contributed by atoms with Crippen molar-refractivity contribution in [3.63, 3.8) is 0 Å². The number of nitrogens with zero attached hydrogens (tertiary/aromatic N) is 4. The van der Waals surface area contributed by atoms with Crippen LogP contribution in [0.1, 0.15) is 46.5 Å². The van der Waals surface area contributed by atoms with E-state index in [9.17, 15) is 4.79 Å². The summed E-state index contributed by atoms with van der Waals surface area (Å²) in [6.45, 7) is 3.59. The van der Waals surface area contributed by atoms with Crippen LogP contribution in [0.5, 0.6) is 5.75 Å². The number of likely N-dealkylation sites (tertiary alicyclic amines) is 1. The topological polar surface area (TPSA) is 97.1 Å². The molecule has 8 nitrogen and oxygen atoms in total. The third-order valence-corrected chi connectivity index (χ3v) is 4.75. The van der Waals surface area contributed by atoms with E-state index in [1.165, 1.54) is 5.56 Å². The number of aryl methyl sites for hydroxylation is 1. The zero-order valence-electron chi connectivity index (χ0n) is 15.1. The van der Waals surface area contributed by atoms with Crippen LogP contribution in [0.15, 0.2) is 41.1 Å². The molecule has 0 saturated carbocycles. The van der Waals surface area contributed by atoms with E-state index in [0.29, 0.717) is 30.5 Å². The molecule has 0 bridgehead atoms. The summed E-state index contributed by atoms with van der Waals surface area (Å²) in [7, 11) is 0. The van der Waals surface area contributed by atoms with Crippen LogP contribution in [-0.4, -0.2) is 44.2 Å². The summed E-state index contributed by atoms with van der Waals surface area (Å²) in [5.41, 5.74) is 1.70. The second-order valence-electron chi connectivity index (χ2n) is 6.68. The highest BCUT2D eigenvalue weighted by molar-refractivity contribution is 5.92. The van der Waals surface area contributed by atoms with Crippen LogP contribution < -0.4 is 4.74 Å². The molecule has 1 N–H and O–H groups in total. The lowest BCUT2D eigenvalue weighted by Crippen LogP contribution is -2.38. The zero-order valence-corrected chi connectivity index (χ0v) is 15.1. The lowest BCUT2D eigenvalue weighted by Gasteiger charge is -2.30. The first-order valence-corrected chi connectivity index (χ1v) is 8.99. The summed E-state index contributed by atoms with van der Waals surface area (Å²) in [6.07, 6.45) is 3.19. The van der Waals surface area contributed by atoms with E-state index in [4.69, 9.17) is 9.26 Å². The number of aromatic amines is 1. The van der Waals surface area contributed by atoms with Gasteiger partial charge in [0.15, 0.2) is 12.4 Å². The molecule has 2 aromatic heterocycles. The number of nitrogens with one attached hydrogen (secondary N) is 1. The normalized spacial score (nSPS) is 15.1. The molecule has 1 aromatic carbocycles. The number of H-pyrrole nitrogens is 1. The number of ether oxygens (including phenoxy) is 1. The van der Waals surface area contributed by atoms with Gasteiger partial charge in [-0.1, -0.05) is 22.9 Å². The highest BCUT2D eigenvalue weighted by atomic mass is 16.5. The smallest absolute Gasteiger partial charge is 0.271 e. The average molecular weight is 367 g/mol. The Balaban J connectivity index is 1.30. The number of rotatable bonds is 5. The fourth-order valence-electron chi connectivity index (χ4n) is 3.16. The highest BCUT2D eigenvalue weighted by Crippen LogP contribution is 2.26. The fourth-order valence-corrected chi connectivity index (χ4v) is 3.16. The minimum atomic E-state index is -0.0220. The molecule has 1 fully saturated rings. The third kappa shape index (κ3) is 3.99. The predicted octanol–water partition coefficient (Wildman–Crippen LogP) is 2.70. The standard InChI is InChI=1S/C19H21N5O3/c1-13-2-4-15(5-3-13)26-12-17-21-18(23-27-17)14-7-10-24(11-8-14)19(25)16-6-9-20-22-16/h2-6,9,14H,7-8,10-12H2,1H3,(H,20,22). The Morgan fingerprint density at radius 2 is 2.04 bits per heavy atom. The minimum absolute atomic E-state index is 0.0220. The van der Waals surface area contributed by atoms with Crippen molar-refractivity contribution < 1.29 is 14.1 Å².